The summed E-state index contributed by atoms with van der Waals surface area (Å²) in [7, 11) is 1.49. The lowest BCUT2D eigenvalue weighted by Crippen LogP contribution is -2.46. The van der Waals surface area contributed by atoms with Gasteiger partial charge in [0.25, 0.3) is 0 Å². The lowest BCUT2D eigenvalue weighted by Gasteiger charge is -2.22. The molecule has 1 fully saturated rings. The second-order valence-electron chi connectivity index (χ2n) is 9.64. The van der Waals surface area contributed by atoms with Gasteiger partial charge in [-0.25, -0.2) is 9.78 Å². The summed E-state index contributed by atoms with van der Waals surface area (Å²) in [5.74, 6) is -0.0404. The molecular formula is C28H34N4O5. The number of unbranched alkanes of at least 4 members (excludes halogenated alkanes) is 1. The first-order chi connectivity index (χ1) is 18.0. The van der Waals surface area contributed by atoms with Gasteiger partial charge in [-0.3, -0.25) is 4.79 Å². The van der Waals surface area contributed by atoms with Gasteiger partial charge in [-0.05, 0) is 68.7 Å². The summed E-state index contributed by atoms with van der Waals surface area (Å²) in [6, 6.07) is 10.4. The molecule has 0 radical (unpaired) electrons. The van der Waals surface area contributed by atoms with Gasteiger partial charge in [0.1, 0.15) is 17.6 Å². The highest BCUT2D eigenvalue weighted by molar-refractivity contribution is 5.95. The van der Waals surface area contributed by atoms with E-state index in [1.54, 1.807) is 18.2 Å². The number of carbonyl (C=O) groups is 2. The number of amides is 1. The zero-order valence-electron chi connectivity index (χ0n) is 21.2. The summed E-state index contributed by atoms with van der Waals surface area (Å²) < 4.78 is 11.1. The molecule has 0 unspecified atom stereocenters. The third-order valence-electron chi connectivity index (χ3n) is 7.11. The van der Waals surface area contributed by atoms with Gasteiger partial charge < -0.3 is 25.2 Å². The smallest absolute Gasteiger partial charge is 0.326 e. The summed E-state index contributed by atoms with van der Waals surface area (Å²) in [6.07, 6.45) is 6.07. The summed E-state index contributed by atoms with van der Waals surface area (Å²) in [5.41, 5.74) is 2.29. The number of methoxy groups -OCH3 is 1. The fourth-order valence-electron chi connectivity index (χ4n) is 4.88. The number of rotatable bonds is 13. The fraction of sp³-hybridized carbons (Fsp3) is 0.500. The van der Waals surface area contributed by atoms with Crippen LogP contribution in [0.25, 0.3) is 0 Å². The Kier molecular flexibility index (Phi) is 8.62. The van der Waals surface area contributed by atoms with Crippen molar-refractivity contribution in [3.8, 4) is 11.8 Å². The van der Waals surface area contributed by atoms with Crippen LogP contribution >= 0.6 is 0 Å². The van der Waals surface area contributed by atoms with Crippen molar-refractivity contribution < 1.29 is 24.2 Å². The van der Waals surface area contributed by atoms with Gasteiger partial charge in [-0.1, -0.05) is 12.1 Å². The van der Waals surface area contributed by atoms with Crippen molar-refractivity contribution in [3.05, 3.63) is 52.7 Å². The Morgan fingerprint density at radius 1 is 1.24 bits per heavy atom. The molecule has 1 aromatic carbocycles. The van der Waals surface area contributed by atoms with E-state index in [0.717, 1.165) is 50.2 Å². The summed E-state index contributed by atoms with van der Waals surface area (Å²) >= 11 is 0. The number of benzene rings is 1. The zero-order valence-corrected chi connectivity index (χ0v) is 21.2. The van der Waals surface area contributed by atoms with Gasteiger partial charge in [0, 0.05) is 37.4 Å². The van der Waals surface area contributed by atoms with Crippen LogP contribution < -0.4 is 15.4 Å². The molecule has 2 aliphatic rings. The monoisotopic (exact) mass is 506 g/mol. The maximum absolute atomic E-state index is 13.2. The molecule has 1 aliphatic carbocycles. The van der Waals surface area contributed by atoms with Gasteiger partial charge in [0.05, 0.1) is 24.2 Å². The van der Waals surface area contributed by atoms with Crippen molar-refractivity contribution in [2.24, 2.45) is 0 Å². The average molecular weight is 507 g/mol. The predicted molar refractivity (Wildman–Crippen MR) is 138 cm³/mol. The number of fused-ring (bicyclic) bond motifs is 1. The molecule has 196 valence electrons. The first kappa shape index (κ1) is 26.4. The van der Waals surface area contributed by atoms with E-state index in [1.165, 1.54) is 12.7 Å². The van der Waals surface area contributed by atoms with Crippen LogP contribution in [0.4, 0.5) is 5.82 Å². The third kappa shape index (κ3) is 6.20. The van der Waals surface area contributed by atoms with Crippen LogP contribution in [0.5, 0.6) is 5.75 Å². The van der Waals surface area contributed by atoms with Gasteiger partial charge >= 0.3 is 5.97 Å². The van der Waals surface area contributed by atoms with E-state index < -0.39 is 23.3 Å². The number of aryl methyl sites for hydroxylation is 2. The zero-order chi connectivity index (χ0) is 26.3. The Morgan fingerprint density at radius 3 is 2.81 bits per heavy atom. The highest BCUT2D eigenvalue weighted by atomic mass is 16.5. The van der Waals surface area contributed by atoms with Crippen molar-refractivity contribution in [2.45, 2.75) is 62.8 Å². The Bertz CT molecular complexity index is 1170. The molecule has 1 amide bonds. The number of carboxylic acid groups (broad SMARTS) is 1. The molecule has 37 heavy (non-hydrogen) atoms. The number of nitrogens with zero attached hydrogens (tertiary/aromatic N) is 2. The van der Waals surface area contributed by atoms with Gasteiger partial charge in [-0.2, -0.15) is 5.26 Å². The average Bonchev–Trinajstić information content (AvgIpc) is 3.73. The van der Waals surface area contributed by atoms with Crippen LogP contribution in [0.3, 0.4) is 0 Å². The van der Waals surface area contributed by atoms with E-state index in [4.69, 9.17) is 14.5 Å². The Labute approximate surface area is 217 Å². The third-order valence-corrected chi connectivity index (χ3v) is 7.11. The van der Waals surface area contributed by atoms with Crippen LogP contribution in [0.1, 0.15) is 60.9 Å². The molecule has 1 saturated carbocycles. The second kappa shape index (κ2) is 12.1. The number of nitriles is 1. The number of aliphatic carboxylic acids is 1. The molecular weight excluding hydrogens is 472 g/mol. The number of carboxylic acids is 1. The molecule has 4 rings (SSSR count). The maximum atomic E-state index is 13.2. The van der Waals surface area contributed by atoms with E-state index in [9.17, 15) is 20.0 Å². The first-order valence-electron chi connectivity index (χ1n) is 12.9. The highest BCUT2D eigenvalue weighted by Gasteiger charge is 2.54. The van der Waals surface area contributed by atoms with Crippen molar-refractivity contribution in [1.29, 1.82) is 5.26 Å². The van der Waals surface area contributed by atoms with E-state index in [2.05, 4.69) is 28.8 Å². The summed E-state index contributed by atoms with van der Waals surface area (Å²) in [6.45, 7) is 1.71. The Balaban J connectivity index is 1.22. The van der Waals surface area contributed by atoms with E-state index >= 15 is 0 Å². The number of hydrogen-bond acceptors (Lipinski definition) is 7. The number of hydrogen-bond donors (Lipinski definition) is 3. The lowest BCUT2D eigenvalue weighted by molar-refractivity contribution is -0.142. The van der Waals surface area contributed by atoms with Crippen LogP contribution in [0.2, 0.25) is 0 Å². The molecule has 2 aromatic rings. The minimum atomic E-state index is -1.11. The molecule has 1 atom stereocenters. The van der Waals surface area contributed by atoms with Crippen molar-refractivity contribution in [3.63, 3.8) is 0 Å². The topological polar surface area (TPSA) is 134 Å². The van der Waals surface area contributed by atoms with Crippen LogP contribution in [-0.4, -0.2) is 54.9 Å². The van der Waals surface area contributed by atoms with Crippen molar-refractivity contribution >= 4 is 17.7 Å². The van der Waals surface area contributed by atoms with Crippen molar-refractivity contribution in [1.82, 2.24) is 10.3 Å². The number of carbonyl (C=O) groups excluding carboxylic acids is 1. The maximum Gasteiger partial charge on any atom is 0.326 e. The quantitative estimate of drug-likeness (QED) is 0.352. The molecule has 0 bridgehead atoms. The van der Waals surface area contributed by atoms with E-state index in [0.29, 0.717) is 36.3 Å². The number of nitrogens with one attached hydrogen (secondary N) is 2. The van der Waals surface area contributed by atoms with Crippen LogP contribution in [0, 0.1) is 11.3 Å². The molecule has 2 heterocycles. The molecule has 9 heteroatoms. The number of pyridine rings is 1. The Hall–Kier alpha value is -3.64. The number of aromatic nitrogens is 1. The predicted octanol–water partition coefficient (Wildman–Crippen LogP) is 3.35. The standard InChI is InChI=1S/C28H34N4O5/c1-36-23-9-4-6-20(18-29)24(23)28(13-14-28)27(35)32-22(26(33)34)12-17-37-16-3-2-8-21-11-10-19-7-5-15-30-25(19)31-21/h4,6,9-11,22H,2-3,5,7-8,12-17H2,1H3,(H,30,31)(H,32,35)(H,33,34)/t22-/m0/s1. The minimum absolute atomic E-state index is 0.159. The summed E-state index contributed by atoms with van der Waals surface area (Å²) in [5, 5.41) is 25.2. The van der Waals surface area contributed by atoms with Crippen LogP contribution in [0.15, 0.2) is 30.3 Å². The van der Waals surface area contributed by atoms with Crippen LogP contribution in [-0.2, 0) is 32.6 Å². The molecule has 9 nitrogen and oxygen atoms in total. The lowest BCUT2D eigenvalue weighted by atomic mass is 9.89. The van der Waals surface area contributed by atoms with Gasteiger partial charge in [-0.15, -0.1) is 0 Å². The van der Waals surface area contributed by atoms with Gasteiger partial charge in [0.2, 0.25) is 5.91 Å². The molecule has 1 aromatic heterocycles. The molecule has 1 aliphatic heterocycles. The van der Waals surface area contributed by atoms with Crippen molar-refractivity contribution in [2.75, 3.05) is 32.2 Å². The second-order valence-corrected chi connectivity index (χ2v) is 9.64. The number of ether oxygens (including phenoxy) is 2. The normalized spacial score (nSPS) is 16.0. The highest BCUT2D eigenvalue weighted by Crippen LogP contribution is 2.52. The summed E-state index contributed by atoms with van der Waals surface area (Å²) in [4.78, 5) is 29.7. The van der Waals surface area contributed by atoms with E-state index in [1.807, 2.05) is 0 Å². The minimum Gasteiger partial charge on any atom is -0.496 e. The molecule has 3 N–H and O–H groups in total. The largest absolute Gasteiger partial charge is 0.496 e. The SMILES string of the molecule is COc1cccc(C#N)c1C1(C(=O)N[C@@H](CCOCCCCc2ccc3c(n2)NCCC3)C(=O)O)CC1. The fourth-order valence-corrected chi connectivity index (χ4v) is 4.88. The van der Waals surface area contributed by atoms with Gasteiger partial charge in [0.15, 0.2) is 0 Å². The first-order valence-corrected chi connectivity index (χ1v) is 12.9. The molecule has 0 spiro atoms. The number of anilines is 1. The Morgan fingerprint density at radius 2 is 2.08 bits per heavy atom. The van der Waals surface area contributed by atoms with E-state index in [-0.39, 0.29) is 13.0 Å². The molecule has 0 saturated heterocycles.